The third-order valence-corrected chi connectivity index (χ3v) is 9.81. The Balaban J connectivity index is 1.06. The van der Waals surface area contributed by atoms with Gasteiger partial charge in [-0.15, -0.1) is 0 Å². The number of allylic oxidation sites excluding steroid dienone is 1. The van der Waals surface area contributed by atoms with Crippen molar-refractivity contribution in [3.05, 3.63) is 53.1 Å². The second kappa shape index (κ2) is 12.4. The maximum absolute atomic E-state index is 13.7. The second-order valence-electron chi connectivity index (χ2n) is 13.1. The largest absolute Gasteiger partial charge is 0.456 e. The van der Waals surface area contributed by atoms with Crippen molar-refractivity contribution >= 4 is 23.9 Å². The summed E-state index contributed by atoms with van der Waals surface area (Å²) in [5.41, 5.74) is 1.73. The highest BCUT2D eigenvalue weighted by Crippen LogP contribution is 2.59. The zero-order valence-electron chi connectivity index (χ0n) is 25.0. The summed E-state index contributed by atoms with van der Waals surface area (Å²) in [6, 6.07) is 7.44. The Kier molecular flexibility index (Phi) is 8.35. The van der Waals surface area contributed by atoms with Gasteiger partial charge in [0, 0.05) is 43.3 Å². The molecule has 6 atom stereocenters. The van der Waals surface area contributed by atoms with E-state index >= 15 is 0 Å². The fraction of sp³-hybridized carbons (Fsp3) is 0.618. The summed E-state index contributed by atoms with van der Waals surface area (Å²) >= 11 is 0. The van der Waals surface area contributed by atoms with Crippen LogP contribution in [0.25, 0.3) is 6.08 Å². The number of amides is 2. The first-order valence-electron chi connectivity index (χ1n) is 16.3. The van der Waals surface area contributed by atoms with Crippen LogP contribution < -0.4 is 10.6 Å². The summed E-state index contributed by atoms with van der Waals surface area (Å²) in [6.07, 6.45) is 12.8. The van der Waals surface area contributed by atoms with Gasteiger partial charge in [-0.05, 0) is 68.6 Å². The fourth-order valence-electron chi connectivity index (χ4n) is 7.14. The van der Waals surface area contributed by atoms with Gasteiger partial charge in [-0.1, -0.05) is 30.4 Å². The van der Waals surface area contributed by atoms with Crippen molar-refractivity contribution in [1.29, 1.82) is 0 Å². The molecule has 1 aromatic carbocycles. The molecule has 4 aliphatic carbocycles. The van der Waals surface area contributed by atoms with Crippen LogP contribution in [-0.4, -0.2) is 78.9 Å². The number of epoxide rings is 1. The van der Waals surface area contributed by atoms with Gasteiger partial charge in [0.1, 0.15) is 18.3 Å². The topological polar surface area (TPSA) is 136 Å². The van der Waals surface area contributed by atoms with Crippen molar-refractivity contribution in [2.24, 2.45) is 17.8 Å². The predicted molar refractivity (Wildman–Crippen MR) is 159 cm³/mol. The van der Waals surface area contributed by atoms with Crippen molar-refractivity contribution in [3.63, 3.8) is 0 Å². The van der Waals surface area contributed by atoms with Crippen LogP contribution in [0.1, 0.15) is 73.7 Å². The molecule has 236 valence electrons. The molecule has 3 unspecified atom stereocenters. The SMILES string of the molecule is O=C(CCNC(=O)C1=C[C@H]2OC(C3CC3)(C3CC3)O[C@H]2[C@H](OC(=O)c2ccccc2C=CC2CCC3OC3C2)C1)NCCO. The highest BCUT2D eigenvalue weighted by Gasteiger charge is 2.64. The average Bonchev–Trinajstić information content (AvgIpc) is 3.90. The highest BCUT2D eigenvalue weighted by atomic mass is 16.8. The molecule has 1 aromatic rings. The molecule has 7 rings (SSSR count). The normalized spacial score (nSPS) is 31.9. The molecule has 44 heavy (non-hydrogen) atoms. The quantitative estimate of drug-likeness (QED) is 0.244. The Morgan fingerprint density at radius 1 is 0.977 bits per heavy atom. The molecule has 0 aromatic heterocycles. The van der Waals surface area contributed by atoms with E-state index in [2.05, 4.69) is 16.7 Å². The summed E-state index contributed by atoms with van der Waals surface area (Å²) in [7, 11) is 0. The number of aliphatic hydroxyl groups is 1. The molecular weight excluding hydrogens is 564 g/mol. The van der Waals surface area contributed by atoms with Gasteiger partial charge in [0.15, 0.2) is 5.79 Å². The number of ether oxygens (including phenoxy) is 4. The second-order valence-corrected chi connectivity index (χ2v) is 13.1. The van der Waals surface area contributed by atoms with Crippen LogP contribution in [-0.2, 0) is 28.5 Å². The third kappa shape index (κ3) is 6.36. The van der Waals surface area contributed by atoms with Crippen LogP contribution in [0, 0.1) is 17.8 Å². The first kappa shape index (κ1) is 29.6. The molecule has 2 amide bonds. The minimum Gasteiger partial charge on any atom is -0.456 e. The van der Waals surface area contributed by atoms with Gasteiger partial charge in [0.25, 0.3) is 0 Å². The first-order chi connectivity index (χ1) is 21.4. The summed E-state index contributed by atoms with van der Waals surface area (Å²) in [6.45, 7) is 0.173. The van der Waals surface area contributed by atoms with Crippen molar-refractivity contribution in [2.45, 2.75) is 94.1 Å². The van der Waals surface area contributed by atoms with Crippen molar-refractivity contribution in [3.8, 4) is 0 Å². The first-order valence-corrected chi connectivity index (χ1v) is 16.3. The standard InChI is InChI=1S/C34H42N2O8/c37-16-15-35-30(38)13-14-36-32(39)22-18-28(31-29(19-22)43-34(44-31,23-8-9-23)24-10-11-24)42-33(40)25-4-2-1-3-21(25)7-5-20-6-12-26-27(17-20)41-26/h1-5,7,19-20,23-24,26-29,31,37H,6,8-18H2,(H,35,38)(H,36,39)/t20?,26?,27?,28-,29-,31+/m1/s1. The van der Waals surface area contributed by atoms with E-state index < -0.39 is 30.1 Å². The van der Waals surface area contributed by atoms with Crippen LogP contribution in [0.4, 0.5) is 0 Å². The van der Waals surface area contributed by atoms with Crippen LogP contribution in [0.2, 0.25) is 0 Å². The Hall–Kier alpha value is -3.05. The van der Waals surface area contributed by atoms with E-state index in [1.807, 2.05) is 30.4 Å². The predicted octanol–water partition coefficient (Wildman–Crippen LogP) is 3.04. The Morgan fingerprint density at radius 3 is 2.52 bits per heavy atom. The molecule has 3 saturated carbocycles. The van der Waals surface area contributed by atoms with E-state index in [4.69, 9.17) is 24.1 Å². The van der Waals surface area contributed by atoms with E-state index in [1.165, 1.54) is 0 Å². The number of nitrogens with one attached hydrogen (secondary N) is 2. The number of rotatable bonds is 12. The minimum absolute atomic E-state index is 0.0923. The van der Waals surface area contributed by atoms with Crippen molar-refractivity contribution in [1.82, 2.24) is 10.6 Å². The third-order valence-electron chi connectivity index (χ3n) is 9.81. The molecule has 3 N–H and O–H groups in total. The van der Waals surface area contributed by atoms with Crippen molar-refractivity contribution in [2.75, 3.05) is 19.7 Å². The summed E-state index contributed by atoms with van der Waals surface area (Å²) in [5.74, 6) is -0.644. The van der Waals surface area contributed by atoms with E-state index in [-0.39, 0.29) is 44.4 Å². The summed E-state index contributed by atoms with van der Waals surface area (Å²) < 4.78 is 25.3. The highest BCUT2D eigenvalue weighted by molar-refractivity contribution is 5.95. The van der Waals surface area contributed by atoms with Crippen LogP contribution in [0.5, 0.6) is 0 Å². The Bertz CT molecular complexity index is 1320. The van der Waals surface area contributed by atoms with Gasteiger partial charge in [-0.2, -0.15) is 0 Å². The van der Waals surface area contributed by atoms with Crippen molar-refractivity contribution < 1.29 is 38.4 Å². The summed E-state index contributed by atoms with van der Waals surface area (Å²) in [4.78, 5) is 38.9. The lowest BCUT2D eigenvalue weighted by Gasteiger charge is -2.31. The zero-order valence-corrected chi connectivity index (χ0v) is 25.0. The molecule has 2 aliphatic heterocycles. The van der Waals surface area contributed by atoms with Gasteiger partial charge in [-0.3, -0.25) is 9.59 Å². The summed E-state index contributed by atoms with van der Waals surface area (Å²) in [5, 5.41) is 14.3. The molecule has 10 heteroatoms. The van der Waals surface area contributed by atoms with Crippen LogP contribution in [0.15, 0.2) is 42.0 Å². The molecule has 10 nitrogen and oxygen atoms in total. The fourth-order valence-corrected chi connectivity index (χ4v) is 7.14. The Morgan fingerprint density at radius 2 is 1.77 bits per heavy atom. The molecule has 5 fully saturated rings. The number of carbonyl (C=O) groups excluding carboxylic acids is 3. The maximum atomic E-state index is 13.7. The lowest BCUT2D eigenvalue weighted by Crippen LogP contribution is -2.44. The van der Waals surface area contributed by atoms with E-state index in [0.29, 0.717) is 41.1 Å². The van der Waals surface area contributed by atoms with E-state index in [0.717, 1.165) is 50.5 Å². The molecule has 0 spiro atoms. The average molecular weight is 607 g/mol. The molecular formula is C34H42N2O8. The molecule has 2 heterocycles. The molecule has 6 aliphatic rings. The Labute approximate surface area is 257 Å². The van der Waals surface area contributed by atoms with Gasteiger partial charge in [0.05, 0.1) is 24.4 Å². The maximum Gasteiger partial charge on any atom is 0.339 e. The monoisotopic (exact) mass is 606 g/mol. The van der Waals surface area contributed by atoms with Gasteiger partial charge in [0.2, 0.25) is 11.8 Å². The lowest BCUT2D eigenvalue weighted by atomic mass is 9.88. The number of carbonyl (C=O) groups is 3. The molecule has 0 radical (unpaired) electrons. The van der Waals surface area contributed by atoms with E-state index in [1.54, 1.807) is 6.07 Å². The lowest BCUT2D eigenvalue weighted by molar-refractivity contribution is -0.209. The smallest absolute Gasteiger partial charge is 0.339 e. The number of benzene rings is 1. The number of aliphatic hydroxyl groups excluding tert-OH is 1. The zero-order chi connectivity index (χ0) is 30.3. The van der Waals surface area contributed by atoms with Crippen LogP contribution in [0.3, 0.4) is 0 Å². The molecule has 2 saturated heterocycles. The number of hydrogen-bond donors (Lipinski definition) is 3. The number of hydrogen-bond acceptors (Lipinski definition) is 8. The van der Waals surface area contributed by atoms with Crippen LogP contribution >= 0.6 is 0 Å². The van der Waals surface area contributed by atoms with Gasteiger partial charge < -0.3 is 34.7 Å². The van der Waals surface area contributed by atoms with E-state index in [9.17, 15) is 14.4 Å². The molecule has 0 bridgehead atoms. The van der Waals surface area contributed by atoms with Gasteiger partial charge >= 0.3 is 5.97 Å². The minimum atomic E-state index is -0.704. The number of fused-ring (bicyclic) bond motifs is 2. The van der Waals surface area contributed by atoms with Gasteiger partial charge in [-0.25, -0.2) is 4.79 Å². The number of esters is 1.